The first-order chi connectivity index (χ1) is 10.2. The molecule has 1 aromatic heterocycles. The van der Waals surface area contributed by atoms with Crippen molar-refractivity contribution in [2.45, 2.75) is 32.6 Å². The van der Waals surface area contributed by atoms with Gasteiger partial charge in [-0.25, -0.2) is 9.78 Å². The van der Waals surface area contributed by atoms with Gasteiger partial charge in [0.1, 0.15) is 5.75 Å². The number of carbonyl (C=O) groups is 1. The Bertz CT molecular complexity index is 574. The minimum Gasteiger partial charge on any atom is -0.494 e. The van der Waals surface area contributed by atoms with E-state index in [-0.39, 0.29) is 5.76 Å². The molecule has 112 valence electrons. The lowest BCUT2D eigenvalue weighted by Crippen LogP contribution is -1.96. The van der Waals surface area contributed by atoms with E-state index in [1.54, 1.807) is 12.1 Å². The summed E-state index contributed by atoms with van der Waals surface area (Å²) in [6.07, 6.45) is 5.89. The highest BCUT2D eigenvalue weighted by molar-refractivity contribution is 5.84. The van der Waals surface area contributed by atoms with E-state index in [1.165, 1.54) is 25.5 Å². The van der Waals surface area contributed by atoms with Crippen molar-refractivity contribution in [2.24, 2.45) is 0 Å². The van der Waals surface area contributed by atoms with Gasteiger partial charge in [0.05, 0.1) is 12.8 Å². The van der Waals surface area contributed by atoms with E-state index >= 15 is 0 Å². The Morgan fingerprint density at radius 1 is 1.24 bits per heavy atom. The molecule has 0 spiro atoms. The third-order valence-corrected chi connectivity index (χ3v) is 3.08. The summed E-state index contributed by atoms with van der Waals surface area (Å²) in [5.41, 5.74) is 0.723. The molecule has 21 heavy (non-hydrogen) atoms. The molecule has 0 bridgehead atoms. The first-order valence-electron chi connectivity index (χ1n) is 7.13. The number of aromatic carboxylic acids is 1. The minimum absolute atomic E-state index is 0.166. The Kier molecular flexibility index (Phi) is 5.37. The molecule has 2 rings (SSSR count). The molecule has 0 saturated heterocycles. The van der Waals surface area contributed by atoms with Gasteiger partial charge in [0.15, 0.2) is 0 Å². The smallest absolute Gasteiger partial charge is 0.373 e. The molecular weight excluding hydrogens is 270 g/mol. The number of hydrogen-bond acceptors (Lipinski definition) is 4. The maximum Gasteiger partial charge on any atom is 0.373 e. The van der Waals surface area contributed by atoms with Crippen molar-refractivity contribution in [3.63, 3.8) is 0 Å². The molecule has 0 atom stereocenters. The summed E-state index contributed by atoms with van der Waals surface area (Å²) in [5, 5.41) is 8.79. The number of rotatable bonds is 8. The predicted molar refractivity (Wildman–Crippen MR) is 78.5 cm³/mol. The van der Waals surface area contributed by atoms with Crippen LogP contribution in [0.4, 0.5) is 0 Å². The maximum atomic E-state index is 10.7. The van der Waals surface area contributed by atoms with Crippen molar-refractivity contribution in [3.05, 3.63) is 36.2 Å². The molecule has 0 fully saturated rings. The highest BCUT2D eigenvalue weighted by Gasteiger charge is 2.11. The van der Waals surface area contributed by atoms with Gasteiger partial charge in [0, 0.05) is 5.56 Å². The molecule has 1 heterocycles. The van der Waals surface area contributed by atoms with Crippen LogP contribution >= 0.6 is 0 Å². The monoisotopic (exact) mass is 289 g/mol. The Morgan fingerprint density at radius 2 is 2.00 bits per heavy atom. The van der Waals surface area contributed by atoms with Crippen LogP contribution in [0.3, 0.4) is 0 Å². The average Bonchev–Trinajstić information content (AvgIpc) is 2.98. The van der Waals surface area contributed by atoms with Gasteiger partial charge in [0.25, 0.3) is 0 Å². The molecule has 5 nitrogen and oxygen atoms in total. The summed E-state index contributed by atoms with van der Waals surface area (Å²) in [6, 6.07) is 7.28. The third kappa shape index (κ3) is 4.34. The molecule has 1 N–H and O–H groups in total. The van der Waals surface area contributed by atoms with E-state index in [2.05, 4.69) is 11.9 Å². The van der Waals surface area contributed by atoms with E-state index in [1.807, 2.05) is 12.1 Å². The summed E-state index contributed by atoms with van der Waals surface area (Å²) >= 11 is 0. The molecule has 0 saturated carbocycles. The van der Waals surface area contributed by atoms with Crippen LogP contribution in [-0.2, 0) is 0 Å². The number of nitrogens with zero attached hydrogens (tertiary/aromatic N) is 1. The van der Waals surface area contributed by atoms with Gasteiger partial charge in [-0.15, -0.1) is 0 Å². The van der Waals surface area contributed by atoms with Crippen molar-refractivity contribution in [1.82, 2.24) is 4.98 Å². The number of unbranched alkanes of at least 4 members (excludes halogenated alkanes) is 3. The third-order valence-electron chi connectivity index (χ3n) is 3.08. The van der Waals surface area contributed by atoms with Crippen LogP contribution in [0.2, 0.25) is 0 Å². The van der Waals surface area contributed by atoms with E-state index < -0.39 is 5.97 Å². The van der Waals surface area contributed by atoms with E-state index in [0.717, 1.165) is 17.7 Å². The minimum atomic E-state index is -1.12. The second-order valence-corrected chi connectivity index (χ2v) is 4.77. The second-order valence-electron chi connectivity index (χ2n) is 4.77. The molecule has 2 aromatic rings. The maximum absolute atomic E-state index is 10.7. The molecule has 0 amide bonds. The SMILES string of the molecule is CCCCCCOc1ccc(-c2ncc(C(=O)O)o2)cc1. The predicted octanol–water partition coefficient (Wildman–Crippen LogP) is 4.00. The molecule has 1 aromatic carbocycles. The van der Waals surface area contributed by atoms with Crippen LogP contribution in [0, 0.1) is 0 Å². The fraction of sp³-hybridized carbons (Fsp3) is 0.375. The standard InChI is InChI=1S/C16H19NO4/c1-2-3-4-5-10-20-13-8-6-12(7-9-13)15-17-11-14(21-15)16(18)19/h6-9,11H,2-5,10H2,1H3,(H,18,19). The lowest BCUT2D eigenvalue weighted by Gasteiger charge is -2.06. The van der Waals surface area contributed by atoms with Gasteiger partial charge < -0.3 is 14.3 Å². The summed E-state index contributed by atoms with van der Waals surface area (Å²) < 4.78 is 10.8. The topological polar surface area (TPSA) is 72.6 Å². The van der Waals surface area contributed by atoms with E-state index in [0.29, 0.717) is 12.5 Å². The van der Waals surface area contributed by atoms with Gasteiger partial charge in [-0.1, -0.05) is 26.2 Å². The molecule has 5 heteroatoms. The summed E-state index contributed by atoms with van der Waals surface area (Å²) in [6.45, 7) is 2.89. The first-order valence-corrected chi connectivity index (χ1v) is 7.13. The average molecular weight is 289 g/mol. The summed E-state index contributed by atoms with van der Waals surface area (Å²) in [5.74, 6) is -0.204. The molecule has 0 aliphatic rings. The number of hydrogen-bond donors (Lipinski definition) is 1. The number of benzene rings is 1. The van der Waals surface area contributed by atoms with Crippen LogP contribution in [0.25, 0.3) is 11.5 Å². The largest absolute Gasteiger partial charge is 0.494 e. The van der Waals surface area contributed by atoms with Gasteiger partial charge in [-0.2, -0.15) is 0 Å². The summed E-state index contributed by atoms with van der Waals surface area (Å²) in [4.78, 5) is 14.7. The Hall–Kier alpha value is -2.30. The second kappa shape index (κ2) is 7.47. The summed E-state index contributed by atoms with van der Waals surface area (Å²) in [7, 11) is 0. The fourth-order valence-corrected chi connectivity index (χ4v) is 1.92. The van der Waals surface area contributed by atoms with Crippen molar-refractivity contribution in [2.75, 3.05) is 6.61 Å². The first kappa shape index (κ1) is 15.1. The van der Waals surface area contributed by atoms with Crippen molar-refractivity contribution in [1.29, 1.82) is 0 Å². The number of aromatic nitrogens is 1. The number of ether oxygens (including phenoxy) is 1. The van der Waals surface area contributed by atoms with Crippen LogP contribution in [0.5, 0.6) is 5.75 Å². The van der Waals surface area contributed by atoms with Crippen molar-refractivity contribution >= 4 is 5.97 Å². The van der Waals surface area contributed by atoms with Crippen molar-refractivity contribution in [3.8, 4) is 17.2 Å². The van der Waals surface area contributed by atoms with Gasteiger partial charge in [-0.3, -0.25) is 0 Å². The van der Waals surface area contributed by atoms with Gasteiger partial charge in [0.2, 0.25) is 11.7 Å². The highest BCUT2D eigenvalue weighted by Crippen LogP contribution is 2.22. The van der Waals surface area contributed by atoms with Gasteiger partial charge in [-0.05, 0) is 30.7 Å². The van der Waals surface area contributed by atoms with Crippen LogP contribution in [0.1, 0.15) is 43.2 Å². The van der Waals surface area contributed by atoms with E-state index in [9.17, 15) is 4.79 Å². The molecule has 0 unspecified atom stereocenters. The Balaban J connectivity index is 1.90. The van der Waals surface area contributed by atoms with Crippen LogP contribution in [-0.4, -0.2) is 22.7 Å². The Labute approximate surface area is 123 Å². The molecular formula is C16H19NO4. The molecule has 0 radical (unpaired) electrons. The molecule has 0 aliphatic heterocycles. The zero-order chi connectivity index (χ0) is 15.1. The lowest BCUT2D eigenvalue weighted by molar-refractivity contribution is 0.0663. The number of oxazole rings is 1. The van der Waals surface area contributed by atoms with Crippen LogP contribution < -0.4 is 4.74 Å². The number of carboxylic acids is 1. The molecule has 0 aliphatic carbocycles. The Morgan fingerprint density at radius 3 is 2.62 bits per heavy atom. The zero-order valence-corrected chi connectivity index (χ0v) is 12.0. The fourth-order valence-electron chi connectivity index (χ4n) is 1.92. The van der Waals surface area contributed by atoms with E-state index in [4.69, 9.17) is 14.3 Å². The van der Waals surface area contributed by atoms with Gasteiger partial charge >= 0.3 is 5.97 Å². The van der Waals surface area contributed by atoms with Crippen molar-refractivity contribution < 1.29 is 19.1 Å². The normalized spacial score (nSPS) is 10.5. The lowest BCUT2D eigenvalue weighted by atomic mass is 10.2. The number of carboxylic acid groups (broad SMARTS) is 1. The highest BCUT2D eigenvalue weighted by atomic mass is 16.5. The zero-order valence-electron chi connectivity index (χ0n) is 12.0. The quantitative estimate of drug-likeness (QED) is 0.744. The van der Waals surface area contributed by atoms with Crippen LogP contribution in [0.15, 0.2) is 34.9 Å².